The van der Waals surface area contributed by atoms with Crippen molar-refractivity contribution in [3.63, 3.8) is 0 Å². The summed E-state index contributed by atoms with van der Waals surface area (Å²) < 4.78 is 6.33. The first-order valence-electron chi connectivity index (χ1n) is 12.1. The summed E-state index contributed by atoms with van der Waals surface area (Å²) in [5, 5.41) is 0. The lowest BCUT2D eigenvalue weighted by Crippen LogP contribution is -2.58. The first-order valence-corrected chi connectivity index (χ1v) is 14.0. The van der Waals surface area contributed by atoms with E-state index in [1.54, 1.807) is 30.6 Å². The molecule has 0 aromatic heterocycles. The van der Waals surface area contributed by atoms with E-state index in [9.17, 15) is 14.4 Å². The van der Waals surface area contributed by atoms with Crippen molar-refractivity contribution in [1.29, 1.82) is 0 Å². The molecule has 2 aromatic carbocycles. The van der Waals surface area contributed by atoms with E-state index in [2.05, 4.69) is 0 Å². The highest BCUT2D eigenvalue weighted by molar-refractivity contribution is 8.25. The van der Waals surface area contributed by atoms with Crippen LogP contribution in [0.25, 0.3) is 0 Å². The fourth-order valence-electron chi connectivity index (χ4n) is 6.13. The van der Waals surface area contributed by atoms with Crippen LogP contribution in [0.1, 0.15) is 56.1 Å². The van der Waals surface area contributed by atoms with Gasteiger partial charge in [0.15, 0.2) is 5.78 Å². The van der Waals surface area contributed by atoms with Crippen LogP contribution in [0.3, 0.4) is 0 Å². The molecule has 0 N–H and O–H groups in total. The summed E-state index contributed by atoms with van der Waals surface area (Å²) in [6, 6.07) is 17.3. The van der Waals surface area contributed by atoms with Crippen LogP contribution < -0.4 is 4.74 Å². The largest absolute Gasteiger partial charge is 0.497 e. The molecule has 1 saturated heterocycles. The van der Waals surface area contributed by atoms with Gasteiger partial charge in [0.1, 0.15) is 22.7 Å². The van der Waals surface area contributed by atoms with E-state index >= 15 is 0 Å². The first-order chi connectivity index (χ1) is 16.8. The molecule has 2 aromatic rings. The molecule has 0 amide bonds. The molecule has 0 unspecified atom stereocenters. The van der Waals surface area contributed by atoms with Crippen molar-refractivity contribution in [3.05, 3.63) is 75.5 Å². The van der Waals surface area contributed by atoms with Crippen molar-refractivity contribution < 1.29 is 19.1 Å². The van der Waals surface area contributed by atoms with Gasteiger partial charge in [-0.1, -0.05) is 56.3 Å². The highest BCUT2D eigenvalue weighted by atomic mass is 32.2. The molecule has 182 valence electrons. The standard InChI is InChI=1S/C29H30O4S2/c1-28(2)16-23(31)29(24(32)17-28)21(18-9-11-20(33-3)12-10-18)15-22(30)25(27-34-13-14-35-27)26(29)19-7-5-4-6-8-19/h4-12,21,26H,13-17H2,1-3H3/t21-,26-/m1/s1. The van der Waals surface area contributed by atoms with Crippen LogP contribution in [0.2, 0.25) is 0 Å². The maximum Gasteiger partial charge on any atom is 0.161 e. The quantitative estimate of drug-likeness (QED) is 0.366. The Morgan fingerprint density at radius 2 is 1.43 bits per heavy atom. The molecule has 1 aliphatic heterocycles. The Kier molecular flexibility index (Phi) is 6.47. The smallest absolute Gasteiger partial charge is 0.161 e. The Bertz CT molecular complexity index is 1170. The Balaban J connectivity index is 1.80. The average molecular weight is 507 g/mol. The van der Waals surface area contributed by atoms with Crippen molar-refractivity contribution >= 4 is 40.9 Å². The predicted molar refractivity (Wildman–Crippen MR) is 142 cm³/mol. The number of allylic oxidation sites excluding steroid dienone is 1. The third kappa shape index (κ3) is 4.09. The second-order valence-electron chi connectivity index (χ2n) is 10.4. The topological polar surface area (TPSA) is 60.4 Å². The van der Waals surface area contributed by atoms with Crippen LogP contribution in [-0.2, 0) is 14.4 Å². The van der Waals surface area contributed by atoms with E-state index in [-0.39, 0.29) is 23.8 Å². The summed E-state index contributed by atoms with van der Waals surface area (Å²) in [5.41, 5.74) is 0.700. The van der Waals surface area contributed by atoms with Gasteiger partial charge in [0.25, 0.3) is 0 Å². The molecule has 5 rings (SSSR count). The molecule has 0 radical (unpaired) electrons. The van der Waals surface area contributed by atoms with E-state index in [4.69, 9.17) is 4.74 Å². The van der Waals surface area contributed by atoms with Gasteiger partial charge in [-0.15, -0.1) is 23.5 Å². The third-order valence-electron chi connectivity index (χ3n) is 7.61. The Morgan fingerprint density at radius 1 is 0.829 bits per heavy atom. The number of hydrogen-bond acceptors (Lipinski definition) is 6. The number of carbonyl (C=O) groups excluding carboxylic acids is 3. The monoisotopic (exact) mass is 506 g/mol. The molecule has 0 bridgehead atoms. The zero-order valence-electron chi connectivity index (χ0n) is 20.3. The van der Waals surface area contributed by atoms with E-state index < -0.39 is 22.7 Å². The van der Waals surface area contributed by atoms with Crippen molar-refractivity contribution in [2.45, 2.75) is 44.9 Å². The van der Waals surface area contributed by atoms with Gasteiger partial charge in [0, 0.05) is 52.4 Å². The molecule has 35 heavy (non-hydrogen) atoms. The second kappa shape index (κ2) is 9.29. The Hall–Kier alpha value is -2.31. The van der Waals surface area contributed by atoms with Gasteiger partial charge >= 0.3 is 0 Å². The van der Waals surface area contributed by atoms with Crippen molar-refractivity contribution in [2.75, 3.05) is 18.6 Å². The number of carbonyl (C=O) groups is 3. The fourth-order valence-corrected chi connectivity index (χ4v) is 8.77. The molecule has 3 aliphatic rings. The Labute approximate surface area is 215 Å². The second-order valence-corrected chi connectivity index (χ2v) is 12.9. The number of hydrogen-bond donors (Lipinski definition) is 0. The molecule has 6 heteroatoms. The number of methoxy groups -OCH3 is 1. The maximum absolute atomic E-state index is 14.4. The number of ether oxygens (including phenoxy) is 1. The summed E-state index contributed by atoms with van der Waals surface area (Å²) in [6.07, 6.45) is 0.811. The lowest BCUT2D eigenvalue weighted by molar-refractivity contribution is -0.153. The number of ketones is 3. The normalized spacial score (nSPS) is 25.9. The SMILES string of the molecule is COc1ccc([C@H]2CC(=O)C(=C3SCCS3)[C@@H](c3ccccc3)C23C(=O)CC(C)(C)CC3=O)cc1. The molecule has 3 fully saturated rings. The third-order valence-corrected chi connectivity index (χ3v) is 10.4. The number of benzene rings is 2. The number of Topliss-reactive ketones (excluding diaryl/α,β-unsaturated/α-hetero) is 3. The fraction of sp³-hybridized carbons (Fsp3) is 0.414. The molecule has 1 heterocycles. The van der Waals surface area contributed by atoms with Gasteiger partial charge in [-0.2, -0.15) is 0 Å². The van der Waals surface area contributed by atoms with Crippen LogP contribution in [0.4, 0.5) is 0 Å². The molecule has 2 atom stereocenters. The number of rotatable bonds is 3. The lowest BCUT2D eigenvalue weighted by atomic mass is 9.47. The van der Waals surface area contributed by atoms with Crippen molar-refractivity contribution in [3.8, 4) is 5.75 Å². The van der Waals surface area contributed by atoms with Gasteiger partial charge in [-0.25, -0.2) is 0 Å². The van der Waals surface area contributed by atoms with Gasteiger partial charge in [0.2, 0.25) is 0 Å². The average Bonchev–Trinajstić information content (AvgIpc) is 3.37. The molecular formula is C29H30O4S2. The minimum Gasteiger partial charge on any atom is -0.497 e. The molecule has 2 saturated carbocycles. The maximum atomic E-state index is 14.4. The minimum atomic E-state index is -1.30. The highest BCUT2D eigenvalue weighted by Crippen LogP contribution is 2.63. The van der Waals surface area contributed by atoms with Gasteiger partial charge in [-0.05, 0) is 28.7 Å². The Morgan fingerprint density at radius 3 is 2.00 bits per heavy atom. The van der Waals surface area contributed by atoms with Crippen LogP contribution in [0.5, 0.6) is 5.75 Å². The summed E-state index contributed by atoms with van der Waals surface area (Å²) in [4.78, 5) is 42.6. The van der Waals surface area contributed by atoms with Crippen LogP contribution in [0.15, 0.2) is 64.4 Å². The van der Waals surface area contributed by atoms with Gasteiger partial charge < -0.3 is 4.74 Å². The summed E-state index contributed by atoms with van der Waals surface area (Å²) in [7, 11) is 1.61. The van der Waals surface area contributed by atoms with Gasteiger partial charge in [0.05, 0.1) is 7.11 Å². The van der Waals surface area contributed by atoms with Crippen LogP contribution in [-0.4, -0.2) is 36.0 Å². The van der Waals surface area contributed by atoms with E-state index in [1.807, 2.05) is 68.4 Å². The van der Waals surface area contributed by atoms with Crippen molar-refractivity contribution in [2.24, 2.45) is 10.8 Å². The first kappa shape index (κ1) is 24.4. The highest BCUT2D eigenvalue weighted by Gasteiger charge is 2.65. The zero-order valence-corrected chi connectivity index (χ0v) is 22.0. The minimum absolute atomic E-state index is 0.0352. The van der Waals surface area contributed by atoms with E-state index in [1.165, 1.54) is 0 Å². The van der Waals surface area contributed by atoms with Gasteiger partial charge in [-0.3, -0.25) is 14.4 Å². The van der Waals surface area contributed by atoms with E-state index in [0.717, 1.165) is 26.9 Å². The van der Waals surface area contributed by atoms with Crippen LogP contribution >= 0.6 is 23.5 Å². The van der Waals surface area contributed by atoms with Crippen molar-refractivity contribution in [1.82, 2.24) is 0 Å². The van der Waals surface area contributed by atoms with Crippen LogP contribution in [0, 0.1) is 10.8 Å². The predicted octanol–water partition coefficient (Wildman–Crippen LogP) is 6.17. The zero-order chi connectivity index (χ0) is 24.8. The summed E-state index contributed by atoms with van der Waals surface area (Å²) >= 11 is 3.37. The summed E-state index contributed by atoms with van der Waals surface area (Å²) in [6.45, 7) is 3.98. The molecular weight excluding hydrogens is 476 g/mol. The number of thioether (sulfide) groups is 2. The summed E-state index contributed by atoms with van der Waals surface area (Å²) in [5.74, 6) is 1.45. The molecule has 4 nitrogen and oxygen atoms in total. The van der Waals surface area contributed by atoms with E-state index in [0.29, 0.717) is 24.2 Å². The molecule has 1 spiro atoms. The lowest BCUT2D eigenvalue weighted by Gasteiger charge is -2.52. The molecule has 2 aliphatic carbocycles.